The minimum Gasteiger partial charge on any atom is -0.307 e. The number of rotatable bonds is 3. The first-order valence-corrected chi connectivity index (χ1v) is 7.93. The average molecular weight is 300 g/mol. The fourth-order valence-electron chi connectivity index (χ4n) is 3.38. The van der Waals surface area contributed by atoms with E-state index in [1.54, 1.807) is 0 Å². The summed E-state index contributed by atoms with van der Waals surface area (Å²) in [7, 11) is 0. The quantitative estimate of drug-likeness (QED) is 0.780. The fraction of sp³-hybridized carbons (Fsp3) is 0.625. The van der Waals surface area contributed by atoms with Gasteiger partial charge in [0.2, 0.25) is 0 Å². The molecule has 1 nitrogen and oxygen atoms in total. The Kier molecular flexibility index (Phi) is 5.16. The highest BCUT2D eigenvalue weighted by Crippen LogP contribution is 2.33. The van der Waals surface area contributed by atoms with Crippen LogP contribution in [0.25, 0.3) is 0 Å². The summed E-state index contributed by atoms with van der Waals surface area (Å²) in [5.41, 5.74) is 1.10. The average Bonchev–Trinajstić information content (AvgIpc) is 2.31. The second kappa shape index (κ2) is 6.47. The first kappa shape index (κ1) is 15.2. The van der Waals surface area contributed by atoms with E-state index in [1.807, 2.05) is 12.1 Å². The first-order valence-electron chi connectivity index (χ1n) is 7.17. The maximum atomic E-state index is 6.29. The molecule has 0 saturated heterocycles. The molecule has 3 heteroatoms. The summed E-state index contributed by atoms with van der Waals surface area (Å²) in [4.78, 5) is 0. The van der Waals surface area contributed by atoms with Crippen LogP contribution in [0.2, 0.25) is 10.0 Å². The van der Waals surface area contributed by atoms with Crippen LogP contribution in [0.15, 0.2) is 18.2 Å². The summed E-state index contributed by atoms with van der Waals surface area (Å²) in [6, 6.07) is 6.69. The van der Waals surface area contributed by atoms with Gasteiger partial charge in [-0.3, -0.25) is 0 Å². The monoisotopic (exact) mass is 299 g/mol. The van der Waals surface area contributed by atoms with Crippen LogP contribution < -0.4 is 5.32 Å². The smallest absolute Gasteiger partial charge is 0.0639 e. The van der Waals surface area contributed by atoms with Gasteiger partial charge in [0.15, 0.2) is 0 Å². The van der Waals surface area contributed by atoms with E-state index in [4.69, 9.17) is 23.2 Å². The number of hydrogen-bond donors (Lipinski definition) is 1. The van der Waals surface area contributed by atoms with E-state index < -0.39 is 0 Å². The molecule has 0 aromatic heterocycles. The Bertz CT molecular complexity index is 423. The van der Waals surface area contributed by atoms with Crippen molar-refractivity contribution in [2.45, 2.75) is 52.1 Å². The zero-order valence-electron chi connectivity index (χ0n) is 11.9. The largest absolute Gasteiger partial charge is 0.307 e. The molecule has 106 valence electrons. The van der Waals surface area contributed by atoms with Crippen LogP contribution in [0.4, 0.5) is 0 Å². The maximum absolute atomic E-state index is 6.29. The summed E-state index contributed by atoms with van der Waals surface area (Å²) in [6.07, 6.45) is 3.87. The Balaban J connectivity index is 2.04. The van der Waals surface area contributed by atoms with Crippen LogP contribution in [0, 0.1) is 11.8 Å². The molecule has 19 heavy (non-hydrogen) atoms. The normalized spacial score (nSPS) is 29.2. The molecule has 1 saturated carbocycles. The lowest BCUT2D eigenvalue weighted by molar-refractivity contribution is 0.228. The van der Waals surface area contributed by atoms with Gasteiger partial charge in [0.05, 0.1) is 10.0 Å². The Morgan fingerprint density at radius 2 is 1.74 bits per heavy atom. The van der Waals surface area contributed by atoms with Gasteiger partial charge in [0, 0.05) is 12.1 Å². The number of halogens is 2. The van der Waals surface area contributed by atoms with E-state index >= 15 is 0 Å². The van der Waals surface area contributed by atoms with Crippen LogP contribution in [-0.4, -0.2) is 6.04 Å². The van der Waals surface area contributed by atoms with Crippen molar-refractivity contribution in [3.05, 3.63) is 33.8 Å². The molecule has 1 aliphatic carbocycles. The molecule has 0 heterocycles. The molecule has 0 radical (unpaired) electrons. The summed E-state index contributed by atoms with van der Waals surface area (Å²) < 4.78 is 0. The van der Waals surface area contributed by atoms with Crippen molar-refractivity contribution in [3.8, 4) is 0 Å². The summed E-state index contributed by atoms with van der Waals surface area (Å²) in [6.45, 7) is 6.87. The second-order valence-corrected chi connectivity index (χ2v) is 6.93. The minimum absolute atomic E-state index is 0.244. The summed E-state index contributed by atoms with van der Waals surface area (Å²) >= 11 is 12.4. The summed E-state index contributed by atoms with van der Waals surface area (Å²) in [5.74, 6) is 1.62. The number of hydrogen-bond acceptors (Lipinski definition) is 1. The Morgan fingerprint density at radius 1 is 1.11 bits per heavy atom. The van der Waals surface area contributed by atoms with Crippen LogP contribution in [0.5, 0.6) is 0 Å². The lowest BCUT2D eigenvalue weighted by Gasteiger charge is -2.34. The van der Waals surface area contributed by atoms with Gasteiger partial charge >= 0.3 is 0 Å². The molecular weight excluding hydrogens is 277 g/mol. The zero-order chi connectivity index (χ0) is 14.0. The van der Waals surface area contributed by atoms with Crippen LogP contribution in [-0.2, 0) is 0 Å². The molecule has 3 unspecified atom stereocenters. The highest BCUT2D eigenvalue weighted by Gasteiger charge is 2.25. The molecule has 0 aliphatic heterocycles. The highest BCUT2D eigenvalue weighted by molar-refractivity contribution is 6.42. The third-order valence-electron chi connectivity index (χ3n) is 4.11. The third kappa shape index (κ3) is 3.87. The van der Waals surface area contributed by atoms with E-state index in [0.717, 1.165) is 17.4 Å². The van der Waals surface area contributed by atoms with Crippen molar-refractivity contribution < 1.29 is 0 Å². The lowest BCUT2D eigenvalue weighted by Crippen LogP contribution is -2.37. The molecule has 1 fully saturated rings. The zero-order valence-corrected chi connectivity index (χ0v) is 13.4. The van der Waals surface area contributed by atoms with Crippen LogP contribution in [0.1, 0.15) is 51.6 Å². The van der Waals surface area contributed by atoms with E-state index in [0.29, 0.717) is 16.1 Å². The fourth-order valence-corrected chi connectivity index (χ4v) is 3.85. The molecular formula is C16H23Cl2N. The molecule has 0 spiro atoms. The lowest BCUT2D eigenvalue weighted by atomic mass is 9.80. The molecule has 2 rings (SSSR count). The van der Waals surface area contributed by atoms with Gasteiger partial charge < -0.3 is 5.32 Å². The summed E-state index contributed by atoms with van der Waals surface area (Å²) in [5, 5.41) is 5.04. The topological polar surface area (TPSA) is 12.0 Å². The molecule has 3 atom stereocenters. The molecule has 1 aliphatic rings. The van der Waals surface area contributed by atoms with Gasteiger partial charge in [-0.15, -0.1) is 0 Å². The van der Waals surface area contributed by atoms with Crippen molar-refractivity contribution in [2.24, 2.45) is 11.8 Å². The highest BCUT2D eigenvalue weighted by atomic mass is 35.5. The Morgan fingerprint density at radius 3 is 2.37 bits per heavy atom. The van der Waals surface area contributed by atoms with Gasteiger partial charge in [-0.2, -0.15) is 0 Å². The standard InChI is InChI=1S/C16H23Cl2N/c1-10-7-11(2)9-13(8-10)19-12(3)14-5-4-6-15(17)16(14)18/h4-6,10-13,19H,7-9H2,1-3H3. The van der Waals surface area contributed by atoms with Crippen LogP contribution >= 0.6 is 23.2 Å². The molecule has 1 aromatic carbocycles. The molecule has 1 N–H and O–H groups in total. The number of nitrogens with one attached hydrogen (secondary N) is 1. The molecule has 0 amide bonds. The van der Waals surface area contributed by atoms with Gasteiger partial charge in [0.25, 0.3) is 0 Å². The van der Waals surface area contributed by atoms with Crippen molar-refractivity contribution >= 4 is 23.2 Å². The van der Waals surface area contributed by atoms with E-state index in [2.05, 4.69) is 32.2 Å². The SMILES string of the molecule is CC1CC(C)CC(NC(C)c2cccc(Cl)c2Cl)C1. The first-order chi connectivity index (χ1) is 8.97. The van der Waals surface area contributed by atoms with Gasteiger partial charge in [-0.1, -0.05) is 49.2 Å². The van der Waals surface area contributed by atoms with Crippen molar-refractivity contribution in [1.29, 1.82) is 0 Å². The van der Waals surface area contributed by atoms with Gasteiger partial charge in [-0.05, 0) is 49.7 Å². The maximum Gasteiger partial charge on any atom is 0.0639 e. The predicted molar refractivity (Wildman–Crippen MR) is 84.0 cm³/mol. The van der Waals surface area contributed by atoms with Crippen molar-refractivity contribution in [2.75, 3.05) is 0 Å². The van der Waals surface area contributed by atoms with Crippen molar-refractivity contribution in [3.63, 3.8) is 0 Å². The van der Waals surface area contributed by atoms with Crippen molar-refractivity contribution in [1.82, 2.24) is 5.32 Å². The predicted octanol–water partition coefficient (Wildman–Crippen LogP) is 5.47. The van der Waals surface area contributed by atoms with Crippen LogP contribution in [0.3, 0.4) is 0 Å². The van der Waals surface area contributed by atoms with Gasteiger partial charge in [0.1, 0.15) is 0 Å². The van der Waals surface area contributed by atoms with E-state index in [9.17, 15) is 0 Å². The second-order valence-electron chi connectivity index (χ2n) is 6.15. The minimum atomic E-state index is 0.244. The molecule has 1 aromatic rings. The van der Waals surface area contributed by atoms with E-state index in [1.165, 1.54) is 19.3 Å². The Labute approximate surface area is 126 Å². The molecule has 0 bridgehead atoms. The Hall–Kier alpha value is -0.240. The third-order valence-corrected chi connectivity index (χ3v) is 4.95. The van der Waals surface area contributed by atoms with E-state index in [-0.39, 0.29) is 6.04 Å². The number of benzene rings is 1. The van der Waals surface area contributed by atoms with Gasteiger partial charge in [-0.25, -0.2) is 0 Å².